The molecule has 2 nitrogen and oxygen atoms in total. The number of halogens is 4. The Balaban J connectivity index is 2.36. The smallest absolute Gasteiger partial charge is 0.196 e. The van der Waals surface area contributed by atoms with Gasteiger partial charge in [0.2, 0.25) is 0 Å². The molecule has 0 aliphatic rings. The number of Topliss-reactive ketones (excluding diaryl/α,β-unsaturated/α-hetero) is 1. The zero-order valence-corrected chi connectivity index (χ0v) is 9.91. The van der Waals surface area contributed by atoms with Crippen molar-refractivity contribution in [2.75, 3.05) is 0 Å². The van der Waals surface area contributed by atoms with Crippen molar-refractivity contribution in [3.63, 3.8) is 0 Å². The number of ketones is 1. The van der Waals surface area contributed by atoms with E-state index in [-0.39, 0.29) is 5.56 Å². The van der Waals surface area contributed by atoms with Crippen molar-refractivity contribution >= 4 is 5.78 Å². The molecule has 0 aromatic heterocycles. The molecule has 2 aromatic carbocycles. The molecule has 0 aliphatic heterocycles. The molecule has 0 spiro atoms. The predicted octanol–water partition coefficient (Wildman–Crippen LogP) is 3.16. The van der Waals surface area contributed by atoms with E-state index in [0.717, 1.165) is 24.3 Å². The third kappa shape index (κ3) is 3.03. The average Bonchev–Trinajstić information content (AvgIpc) is 2.34. The van der Waals surface area contributed by atoms with Gasteiger partial charge < -0.3 is 5.11 Å². The first-order chi connectivity index (χ1) is 9.36. The van der Waals surface area contributed by atoms with Crippen LogP contribution in [-0.2, 0) is 0 Å². The molecule has 0 amide bonds. The van der Waals surface area contributed by atoms with E-state index >= 15 is 0 Å². The first-order valence-corrected chi connectivity index (χ1v) is 5.51. The van der Waals surface area contributed by atoms with E-state index in [1.54, 1.807) is 0 Å². The number of hydrogen-bond donors (Lipinski definition) is 1. The molecule has 1 atom stereocenters. The quantitative estimate of drug-likeness (QED) is 0.694. The highest BCUT2D eigenvalue weighted by molar-refractivity contribution is 5.99. The summed E-state index contributed by atoms with van der Waals surface area (Å²) in [5, 5.41) is 9.75. The Hall–Kier alpha value is -2.21. The van der Waals surface area contributed by atoms with E-state index in [1.165, 1.54) is 0 Å². The van der Waals surface area contributed by atoms with Crippen LogP contribution in [0.3, 0.4) is 0 Å². The summed E-state index contributed by atoms with van der Waals surface area (Å²) in [7, 11) is 0. The van der Waals surface area contributed by atoms with Crippen LogP contribution in [0.5, 0.6) is 0 Å². The fraction of sp³-hybridized carbons (Fsp3) is 0.0714. The lowest BCUT2D eigenvalue weighted by Crippen LogP contribution is -2.13. The number of aliphatic hydroxyl groups excluding tert-OH is 1. The van der Waals surface area contributed by atoms with Crippen molar-refractivity contribution in [2.24, 2.45) is 0 Å². The Bertz CT molecular complexity index is 630. The van der Waals surface area contributed by atoms with E-state index < -0.39 is 40.7 Å². The number of hydrogen-bond acceptors (Lipinski definition) is 2. The second-order valence-corrected chi connectivity index (χ2v) is 4.13. The van der Waals surface area contributed by atoms with Crippen LogP contribution in [0.15, 0.2) is 36.4 Å². The Morgan fingerprint density at radius 1 is 0.800 bits per heavy atom. The second kappa shape index (κ2) is 5.42. The first kappa shape index (κ1) is 14.2. The summed E-state index contributed by atoms with van der Waals surface area (Å²) in [6, 6.07) is 4.12. The fourth-order valence-corrected chi connectivity index (χ4v) is 1.74. The molecular formula is C14H8F4O2. The van der Waals surface area contributed by atoms with Crippen LogP contribution in [0.1, 0.15) is 22.0 Å². The number of carbonyl (C=O) groups is 1. The molecule has 0 bridgehead atoms. The van der Waals surface area contributed by atoms with Gasteiger partial charge >= 0.3 is 0 Å². The Morgan fingerprint density at radius 2 is 1.20 bits per heavy atom. The minimum absolute atomic E-state index is 0.336. The molecule has 0 aliphatic carbocycles. The van der Waals surface area contributed by atoms with Gasteiger partial charge in [-0.15, -0.1) is 0 Å². The van der Waals surface area contributed by atoms with Crippen LogP contribution in [0.25, 0.3) is 0 Å². The summed E-state index contributed by atoms with van der Waals surface area (Å²) >= 11 is 0. The average molecular weight is 284 g/mol. The van der Waals surface area contributed by atoms with Crippen molar-refractivity contribution in [3.8, 4) is 0 Å². The number of carbonyl (C=O) groups excluding carboxylic acids is 1. The topological polar surface area (TPSA) is 37.3 Å². The minimum atomic E-state index is -1.92. The van der Waals surface area contributed by atoms with Gasteiger partial charge in [0.05, 0.1) is 0 Å². The summed E-state index contributed by atoms with van der Waals surface area (Å²) in [5.41, 5.74) is -0.767. The maximum atomic E-state index is 13.0. The Kier molecular flexibility index (Phi) is 3.85. The van der Waals surface area contributed by atoms with Crippen LogP contribution in [-0.4, -0.2) is 10.9 Å². The van der Waals surface area contributed by atoms with Crippen LogP contribution in [0.4, 0.5) is 17.6 Å². The van der Waals surface area contributed by atoms with Crippen LogP contribution >= 0.6 is 0 Å². The molecule has 0 saturated carbocycles. The lowest BCUT2D eigenvalue weighted by molar-refractivity contribution is 0.0745. The van der Waals surface area contributed by atoms with Crippen LogP contribution in [0, 0.1) is 23.3 Å². The minimum Gasteiger partial charge on any atom is -0.380 e. The second-order valence-electron chi connectivity index (χ2n) is 4.13. The summed E-state index contributed by atoms with van der Waals surface area (Å²) in [4.78, 5) is 11.8. The van der Waals surface area contributed by atoms with E-state index in [1.807, 2.05) is 0 Å². The Morgan fingerprint density at radius 3 is 1.65 bits per heavy atom. The van der Waals surface area contributed by atoms with Gasteiger partial charge in [0, 0.05) is 17.7 Å². The van der Waals surface area contributed by atoms with Gasteiger partial charge in [-0.1, -0.05) is 0 Å². The molecule has 0 heterocycles. The van der Waals surface area contributed by atoms with E-state index in [4.69, 9.17) is 0 Å². The molecule has 0 fully saturated rings. The molecule has 2 aromatic rings. The van der Waals surface area contributed by atoms with Gasteiger partial charge in [0.15, 0.2) is 5.78 Å². The van der Waals surface area contributed by atoms with Crippen molar-refractivity contribution < 1.29 is 27.5 Å². The third-order valence-electron chi connectivity index (χ3n) is 2.60. The third-order valence-corrected chi connectivity index (χ3v) is 2.60. The van der Waals surface area contributed by atoms with Gasteiger partial charge in [-0.25, -0.2) is 17.6 Å². The highest BCUT2D eigenvalue weighted by Crippen LogP contribution is 2.21. The maximum absolute atomic E-state index is 13.0. The lowest BCUT2D eigenvalue weighted by Gasteiger charge is -2.10. The van der Waals surface area contributed by atoms with E-state index in [2.05, 4.69) is 0 Å². The van der Waals surface area contributed by atoms with Gasteiger partial charge in [-0.3, -0.25) is 4.79 Å². The van der Waals surface area contributed by atoms with Gasteiger partial charge in [-0.05, 0) is 29.8 Å². The van der Waals surface area contributed by atoms with Crippen molar-refractivity contribution in [3.05, 3.63) is 70.8 Å². The van der Waals surface area contributed by atoms with Crippen molar-refractivity contribution in [1.82, 2.24) is 0 Å². The lowest BCUT2D eigenvalue weighted by atomic mass is 9.99. The zero-order valence-electron chi connectivity index (χ0n) is 9.91. The zero-order chi connectivity index (χ0) is 14.9. The number of aliphatic hydroxyl groups is 1. The van der Waals surface area contributed by atoms with E-state index in [9.17, 15) is 27.5 Å². The van der Waals surface area contributed by atoms with Crippen LogP contribution < -0.4 is 0 Å². The molecule has 0 unspecified atom stereocenters. The highest BCUT2D eigenvalue weighted by atomic mass is 19.1. The van der Waals surface area contributed by atoms with Gasteiger partial charge in [-0.2, -0.15) is 0 Å². The van der Waals surface area contributed by atoms with Gasteiger partial charge in [0.25, 0.3) is 0 Å². The molecular weight excluding hydrogens is 276 g/mol. The summed E-state index contributed by atoms with van der Waals surface area (Å²) in [6.07, 6.45) is -1.92. The summed E-state index contributed by atoms with van der Waals surface area (Å²) in [6.45, 7) is 0. The SMILES string of the molecule is O=C(c1cc(F)cc(F)c1)[C@@H](O)c1cc(F)cc(F)c1. The molecule has 0 saturated heterocycles. The van der Waals surface area contributed by atoms with Crippen LogP contribution in [0.2, 0.25) is 0 Å². The molecule has 6 heteroatoms. The van der Waals surface area contributed by atoms with E-state index in [0.29, 0.717) is 12.1 Å². The normalized spacial score (nSPS) is 12.2. The molecule has 2 rings (SSSR count). The molecule has 104 valence electrons. The number of rotatable bonds is 3. The summed E-state index contributed by atoms with van der Waals surface area (Å²) in [5.74, 6) is -5.00. The molecule has 20 heavy (non-hydrogen) atoms. The Labute approximate surface area is 111 Å². The monoisotopic (exact) mass is 284 g/mol. The fourth-order valence-electron chi connectivity index (χ4n) is 1.74. The largest absolute Gasteiger partial charge is 0.380 e. The van der Waals surface area contributed by atoms with Crippen molar-refractivity contribution in [1.29, 1.82) is 0 Å². The van der Waals surface area contributed by atoms with Crippen molar-refractivity contribution in [2.45, 2.75) is 6.10 Å². The molecule has 0 radical (unpaired) electrons. The highest BCUT2D eigenvalue weighted by Gasteiger charge is 2.21. The maximum Gasteiger partial charge on any atom is 0.196 e. The predicted molar refractivity (Wildman–Crippen MR) is 62.0 cm³/mol. The molecule has 1 N–H and O–H groups in total. The van der Waals surface area contributed by atoms with Gasteiger partial charge in [0.1, 0.15) is 29.4 Å². The first-order valence-electron chi connectivity index (χ1n) is 5.51. The standard InChI is InChI=1S/C14H8F4O2/c15-9-1-7(2-10(16)5-9)13(19)14(20)8-3-11(17)6-12(18)4-8/h1-6,13,19H/t13-/m0/s1. The summed E-state index contributed by atoms with van der Waals surface area (Å²) < 4.78 is 52.0. The number of benzene rings is 2.